The Morgan fingerprint density at radius 3 is 2.20 bits per heavy atom. The summed E-state index contributed by atoms with van der Waals surface area (Å²) in [5.41, 5.74) is 13.6. The number of sulfone groups is 1. The van der Waals surface area contributed by atoms with Gasteiger partial charge in [-0.2, -0.15) is 18.6 Å². The maximum absolute atomic E-state index is 14.9. The fourth-order valence-corrected chi connectivity index (χ4v) is 4.03. The van der Waals surface area contributed by atoms with Crippen LogP contribution in [-0.2, 0) is 21.8 Å². The van der Waals surface area contributed by atoms with Gasteiger partial charge in [-0.3, -0.25) is 11.2 Å². The molecule has 0 fully saturated rings. The minimum atomic E-state index is -4.92. The van der Waals surface area contributed by atoms with Crippen LogP contribution in [0.25, 0.3) is 11.1 Å². The summed E-state index contributed by atoms with van der Waals surface area (Å²) in [4.78, 5) is 3.69. The number of hydrogen-bond donors (Lipinski definition) is 4. The second-order valence-electron chi connectivity index (χ2n) is 7.01. The van der Waals surface area contributed by atoms with Gasteiger partial charge in [0.2, 0.25) is 11.7 Å². The number of guanidine groups is 1. The molecule has 1 heterocycles. The number of aliphatic imine (C=N–C) groups is 1. The average molecular weight is 445 g/mol. The summed E-state index contributed by atoms with van der Waals surface area (Å²) in [6.45, 7) is 2.96. The number of benzene rings is 2. The van der Waals surface area contributed by atoms with Gasteiger partial charge in [-0.25, -0.2) is 17.8 Å². The van der Waals surface area contributed by atoms with E-state index in [-0.39, 0.29) is 22.0 Å². The molecular weight excluding hydrogens is 426 g/mol. The van der Waals surface area contributed by atoms with Gasteiger partial charge in [-0.15, -0.1) is 0 Å². The second-order valence-corrected chi connectivity index (χ2v) is 9.51. The van der Waals surface area contributed by atoms with E-state index in [0.717, 1.165) is 30.3 Å². The van der Waals surface area contributed by atoms with Crippen molar-refractivity contribution in [2.24, 2.45) is 16.5 Å². The van der Waals surface area contributed by atoms with Crippen molar-refractivity contribution >= 4 is 15.8 Å². The SMILES string of the molecule is CC(C)S(=O)(=O)c1ccc(-c2c(F)cc(C3(N)N=C(N)NN3)cc2C(F)(F)F)cc1. The number of hydrogen-bond acceptors (Lipinski definition) is 7. The molecule has 1 aliphatic rings. The highest BCUT2D eigenvalue weighted by atomic mass is 32.2. The average Bonchev–Trinajstić information content (AvgIpc) is 3.00. The molecule has 0 bridgehead atoms. The van der Waals surface area contributed by atoms with Gasteiger partial charge in [0, 0.05) is 11.1 Å². The Bertz CT molecular complexity index is 1110. The first-order valence-electron chi connectivity index (χ1n) is 8.68. The smallest absolute Gasteiger partial charge is 0.369 e. The lowest BCUT2D eigenvalue weighted by molar-refractivity contribution is -0.137. The lowest BCUT2D eigenvalue weighted by Crippen LogP contribution is -2.50. The Hall–Kier alpha value is -2.70. The second kappa shape index (κ2) is 7.22. The van der Waals surface area contributed by atoms with Gasteiger partial charge in [0.15, 0.2) is 9.84 Å². The predicted molar refractivity (Wildman–Crippen MR) is 103 cm³/mol. The molecule has 1 unspecified atom stereocenters. The molecule has 0 spiro atoms. The molecule has 12 heteroatoms. The van der Waals surface area contributed by atoms with Crippen molar-refractivity contribution in [3.63, 3.8) is 0 Å². The summed E-state index contributed by atoms with van der Waals surface area (Å²) < 4.78 is 80.6. The van der Waals surface area contributed by atoms with Gasteiger partial charge in [-0.05, 0) is 43.7 Å². The van der Waals surface area contributed by atoms with E-state index >= 15 is 0 Å². The van der Waals surface area contributed by atoms with Crippen molar-refractivity contribution in [2.75, 3.05) is 0 Å². The third kappa shape index (κ3) is 3.85. The van der Waals surface area contributed by atoms with Crippen LogP contribution < -0.4 is 22.3 Å². The summed E-state index contributed by atoms with van der Waals surface area (Å²) in [5.74, 6) is -3.26. The van der Waals surface area contributed by atoms with E-state index in [4.69, 9.17) is 11.5 Å². The van der Waals surface area contributed by atoms with E-state index in [9.17, 15) is 26.0 Å². The topological polar surface area (TPSA) is 123 Å². The van der Waals surface area contributed by atoms with Gasteiger partial charge < -0.3 is 5.73 Å². The first kappa shape index (κ1) is 22.0. The lowest BCUT2D eigenvalue weighted by Gasteiger charge is -2.23. The van der Waals surface area contributed by atoms with Crippen LogP contribution in [0.2, 0.25) is 0 Å². The molecule has 0 saturated heterocycles. The number of nitrogens with two attached hydrogens (primary N) is 2. The lowest BCUT2D eigenvalue weighted by atomic mass is 9.94. The Morgan fingerprint density at radius 1 is 1.13 bits per heavy atom. The molecule has 0 aromatic heterocycles. The zero-order valence-electron chi connectivity index (χ0n) is 15.9. The molecule has 0 amide bonds. The van der Waals surface area contributed by atoms with Gasteiger partial charge in [0.25, 0.3) is 0 Å². The quantitative estimate of drug-likeness (QED) is 0.535. The summed E-state index contributed by atoms with van der Waals surface area (Å²) in [7, 11) is -3.63. The van der Waals surface area contributed by atoms with Gasteiger partial charge in [0.05, 0.1) is 15.7 Å². The van der Waals surface area contributed by atoms with Gasteiger partial charge >= 0.3 is 6.18 Å². The zero-order chi connectivity index (χ0) is 22.5. The molecule has 1 atom stereocenters. The highest BCUT2D eigenvalue weighted by Gasteiger charge is 2.40. The van der Waals surface area contributed by atoms with Crippen LogP contribution in [0.3, 0.4) is 0 Å². The van der Waals surface area contributed by atoms with Crippen LogP contribution >= 0.6 is 0 Å². The van der Waals surface area contributed by atoms with E-state index in [0.29, 0.717) is 6.07 Å². The van der Waals surface area contributed by atoms with E-state index in [1.54, 1.807) is 0 Å². The first-order chi connectivity index (χ1) is 13.8. The first-order valence-corrected chi connectivity index (χ1v) is 10.2. The maximum Gasteiger partial charge on any atom is 0.417 e. The van der Waals surface area contributed by atoms with Crippen molar-refractivity contribution in [2.45, 2.75) is 36.0 Å². The molecule has 162 valence electrons. The van der Waals surface area contributed by atoms with Crippen LogP contribution in [0.15, 0.2) is 46.3 Å². The van der Waals surface area contributed by atoms with E-state index in [1.807, 2.05) is 0 Å². The molecule has 1 aliphatic heterocycles. The van der Waals surface area contributed by atoms with Crippen molar-refractivity contribution in [3.05, 3.63) is 53.3 Å². The molecule has 0 radical (unpaired) electrons. The Kier molecular flexibility index (Phi) is 5.29. The number of alkyl halides is 3. The largest absolute Gasteiger partial charge is 0.417 e. The summed E-state index contributed by atoms with van der Waals surface area (Å²) >= 11 is 0. The molecular formula is C18H19F4N5O2S. The Morgan fingerprint density at radius 2 is 1.73 bits per heavy atom. The summed E-state index contributed by atoms with van der Waals surface area (Å²) in [5, 5.41) is -0.716. The molecule has 0 saturated carbocycles. The number of nitrogens with zero attached hydrogens (tertiary/aromatic N) is 1. The minimum Gasteiger partial charge on any atom is -0.369 e. The molecule has 30 heavy (non-hydrogen) atoms. The Balaban J connectivity index is 2.16. The molecule has 2 aromatic carbocycles. The molecule has 7 nitrogen and oxygen atoms in total. The summed E-state index contributed by atoms with van der Waals surface area (Å²) in [6, 6.07) is 6.05. The number of hydrazine groups is 1. The Labute approximate surface area is 170 Å². The molecule has 3 rings (SSSR count). The van der Waals surface area contributed by atoms with Crippen molar-refractivity contribution in [1.82, 2.24) is 10.9 Å². The number of halogens is 4. The fraction of sp³-hybridized carbons (Fsp3) is 0.278. The monoisotopic (exact) mass is 445 g/mol. The highest BCUT2D eigenvalue weighted by molar-refractivity contribution is 7.92. The van der Waals surface area contributed by atoms with Gasteiger partial charge in [-0.1, -0.05) is 12.1 Å². The van der Waals surface area contributed by atoms with Crippen LogP contribution in [0.1, 0.15) is 25.0 Å². The van der Waals surface area contributed by atoms with Crippen molar-refractivity contribution in [1.29, 1.82) is 0 Å². The predicted octanol–water partition coefficient (Wildman–Crippen LogP) is 2.19. The standard InChI is InChI=1S/C18H19F4N5O2S/c1-9(2)30(28,29)12-5-3-10(4-6-12)15-13(17(20,21)22)7-11(8-14(15)19)18(24)25-16(23)26-27-18/h3-9,27H,24H2,1-2H3,(H3,23,25,26). The van der Waals surface area contributed by atoms with E-state index < -0.39 is 44.0 Å². The number of nitrogens with one attached hydrogen (secondary N) is 2. The van der Waals surface area contributed by atoms with Crippen molar-refractivity contribution < 1.29 is 26.0 Å². The van der Waals surface area contributed by atoms with Crippen LogP contribution in [0.5, 0.6) is 0 Å². The minimum absolute atomic E-state index is 0.0706. The van der Waals surface area contributed by atoms with E-state index in [2.05, 4.69) is 15.8 Å². The van der Waals surface area contributed by atoms with Crippen LogP contribution in [0, 0.1) is 5.82 Å². The van der Waals surface area contributed by atoms with Gasteiger partial charge in [0.1, 0.15) is 5.82 Å². The third-order valence-corrected chi connectivity index (χ3v) is 6.78. The normalized spacial score (nSPS) is 19.7. The highest BCUT2D eigenvalue weighted by Crippen LogP contribution is 2.41. The summed E-state index contributed by atoms with van der Waals surface area (Å²) in [6.07, 6.45) is -4.92. The molecule has 2 aromatic rings. The zero-order valence-corrected chi connectivity index (χ0v) is 16.7. The fourth-order valence-electron chi connectivity index (χ4n) is 2.97. The van der Waals surface area contributed by atoms with Crippen molar-refractivity contribution in [3.8, 4) is 11.1 Å². The molecule has 6 N–H and O–H groups in total. The van der Waals surface area contributed by atoms with Crippen LogP contribution in [0.4, 0.5) is 17.6 Å². The van der Waals surface area contributed by atoms with Crippen LogP contribution in [-0.4, -0.2) is 19.6 Å². The number of rotatable bonds is 4. The molecule has 0 aliphatic carbocycles. The maximum atomic E-state index is 14.9. The van der Waals surface area contributed by atoms with E-state index in [1.165, 1.54) is 13.8 Å². The third-order valence-electron chi connectivity index (χ3n) is 4.61.